The minimum absolute atomic E-state index is 0.152. The third-order valence-corrected chi connectivity index (χ3v) is 3.21. The zero-order valence-electron chi connectivity index (χ0n) is 10.4. The molecule has 1 aliphatic heterocycles. The summed E-state index contributed by atoms with van der Waals surface area (Å²) >= 11 is 0. The molecule has 0 aliphatic carbocycles. The SMILES string of the molecule is CCn1ccc(CC(=O)N2CCCC2C(=O)O)n1. The second-order valence-corrected chi connectivity index (χ2v) is 4.42. The van der Waals surface area contributed by atoms with Gasteiger partial charge in [0.25, 0.3) is 0 Å². The van der Waals surface area contributed by atoms with Crippen molar-refractivity contribution in [3.05, 3.63) is 18.0 Å². The van der Waals surface area contributed by atoms with Gasteiger partial charge in [-0.3, -0.25) is 9.48 Å². The van der Waals surface area contributed by atoms with Crippen LogP contribution in [-0.4, -0.2) is 44.3 Å². The van der Waals surface area contributed by atoms with Gasteiger partial charge in [0, 0.05) is 19.3 Å². The first-order valence-electron chi connectivity index (χ1n) is 6.16. The lowest BCUT2D eigenvalue weighted by atomic mass is 10.2. The van der Waals surface area contributed by atoms with E-state index in [0.29, 0.717) is 18.7 Å². The smallest absolute Gasteiger partial charge is 0.326 e. The van der Waals surface area contributed by atoms with Crippen molar-refractivity contribution in [2.45, 2.75) is 38.8 Å². The molecule has 0 radical (unpaired) electrons. The molecule has 2 heterocycles. The Balaban J connectivity index is 2.01. The van der Waals surface area contributed by atoms with Gasteiger partial charge in [0.1, 0.15) is 6.04 Å². The molecule has 18 heavy (non-hydrogen) atoms. The van der Waals surface area contributed by atoms with E-state index < -0.39 is 12.0 Å². The predicted molar refractivity (Wildman–Crippen MR) is 64.0 cm³/mol. The highest BCUT2D eigenvalue weighted by Gasteiger charge is 2.33. The van der Waals surface area contributed by atoms with E-state index in [2.05, 4.69) is 5.10 Å². The first-order chi connectivity index (χ1) is 8.61. The average Bonchev–Trinajstić information content (AvgIpc) is 2.96. The molecule has 0 bridgehead atoms. The summed E-state index contributed by atoms with van der Waals surface area (Å²) in [5.74, 6) is -1.07. The molecule has 1 aromatic heterocycles. The normalized spacial score (nSPS) is 19.2. The average molecular weight is 251 g/mol. The minimum atomic E-state index is -0.917. The second kappa shape index (κ2) is 5.20. The fourth-order valence-corrected chi connectivity index (χ4v) is 2.25. The maximum Gasteiger partial charge on any atom is 0.326 e. The monoisotopic (exact) mass is 251 g/mol. The minimum Gasteiger partial charge on any atom is -0.480 e. The molecule has 6 heteroatoms. The summed E-state index contributed by atoms with van der Waals surface area (Å²) in [4.78, 5) is 24.5. The van der Waals surface area contributed by atoms with E-state index in [-0.39, 0.29) is 12.3 Å². The molecule has 1 saturated heterocycles. The third-order valence-electron chi connectivity index (χ3n) is 3.21. The van der Waals surface area contributed by atoms with Crippen molar-refractivity contribution in [2.75, 3.05) is 6.54 Å². The van der Waals surface area contributed by atoms with Crippen LogP contribution in [0.1, 0.15) is 25.5 Å². The van der Waals surface area contributed by atoms with Crippen molar-refractivity contribution in [2.24, 2.45) is 0 Å². The van der Waals surface area contributed by atoms with Crippen LogP contribution < -0.4 is 0 Å². The van der Waals surface area contributed by atoms with Gasteiger partial charge in [-0.05, 0) is 25.8 Å². The standard InChI is InChI=1S/C12H17N3O3/c1-2-14-7-5-9(13-14)8-11(16)15-6-3-4-10(15)12(17)18/h5,7,10H,2-4,6,8H2,1H3,(H,17,18). The summed E-state index contributed by atoms with van der Waals surface area (Å²) < 4.78 is 1.75. The number of hydrogen-bond acceptors (Lipinski definition) is 3. The largest absolute Gasteiger partial charge is 0.480 e. The number of aliphatic carboxylic acids is 1. The van der Waals surface area contributed by atoms with Crippen LogP contribution in [0.25, 0.3) is 0 Å². The molecule has 1 fully saturated rings. The van der Waals surface area contributed by atoms with Crippen LogP contribution in [0.2, 0.25) is 0 Å². The van der Waals surface area contributed by atoms with Gasteiger partial charge in [0.15, 0.2) is 0 Å². The number of carbonyl (C=O) groups is 2. The maximum atomic E-state index is 12.0. The Morgan fingerprint density at radius 2 is 2.33 bits per heavy atom. The van der Waals surface area contributed by atoms with Crippen molar-refractivity contribution in [1.29, 1.82) is 0 Å². The molecule has 1 aromatic rings. The lowest BCUT2D eigenvalue weighted by Gasteiger charge is -2.20. The van der Waals surface area contributed by atoms with E-state index in [1.807, 2.05) is 13.1 Å². The number of carboxylic acids is 1. The van der Waals surface area contributed by atoms with Crippen molar-refractivity contribution >= 4 is 11.9 Å². The van der Waals surface area contributed by atoms with Gasteiger partial charge in [0.05, 0.1) is 12.1 Å². The van der Waals surface area contributed by atoms with Gasteiger partial charge in [-0.1, -0.05) is 0 Å². The van der Waals surface area contributed by atoms with Crippen molar-refractivity contribution in [1.82, 2.24) is 14.7 Å². The molecule has 1 N–H and O–H groups in total. The van der Waals surface area contributed by atoms with Crippen LogP contribution in [0.5, 0.6) is 0 Å². The molecule has 0 saturated carbocycles. The van der Waals surface area contributed by atoms with Gasteiger partial charge in [0.2, 0.25) is 5.91 Å². The Hall–Kier alpha value is -1.85. The number of hydrogen-bond donors (Lipinski definition) is 1. The van der Waals surface area contributed by atoms with Crippen LogP contribution in [0.3, 0.4) is 0 Å². The Morgan fingerprint density at radius 3 is 2.94 bits per heavy atom. The maximum absolute atomic E-state index is 12.0. The summed E-state index contributed by atoms with van der Waals surface area (Å²) in [6.07, 6.45) is 3.30. The highest BCUT2D eigenvalue weighted by atomic mass is 16.4. The van der Waals surface area contributed by atoms with Crippen LogP contribution in [0.15, 0.2) is 12.3 Å². The van der Waals surface area contributed by atoms with Crippen LogP contribution in [-0.2, 0) is 22.6 Å². The zero-order chi connectivity index (χ0) is 13.1. The number of aromatic nitrogens is 2. The Kier molecular flexibility index (Phi) is 3.64. The number of likely N-dealkylation sites (tertiary alicyclic amines) is 1. The van der Waals surface area contributed by atoms with Crippen LogP contribution in [0, 0.1) is 0 Å². The van der Waals surface area contributed by atoms with Crippen molar-refractivity contribution in [3.8, 4) is 0 Å². The number of carboxylic acid groups (broad SMARTS) is 1. The van der Waals surface area contributed by atoms with E-state index in [0.717, 1.165) is 13.0 Å². The highest BCUT2D eigenvalue weighted by molar-refractivity contribution is 5.85. The summed E-state index contributed by atoms with van der Waals surface area (Å²) in [5, 5.41) is 13.3. The fraction of sp³-hybridized carbons (Fsp3) is 0.583. The lowest BCUT2D eigenvalue weighted by Crippen LogP contribution is -2.41. The first-order valence-corrected chi connectivity index (χ1v) is 6.16. The van der Waals surface area contributed by atoms with E-state index in [1.165, 1.54) is 4.90 Å². The van der Waals surface area contributed by atoms with Gasteiger partial charge in [-0.2, -0.15) is 5.10 Å². The number of amides is 1. The highest BCUT2D eigenvalue weighted by Crippen LogP contribution is 2.18. The van der Waals surface area contributed by atoms with Crippen LogP contribution in [0.4, 0.5) is 0 Å². The van der Waals surface area contributed by atoms with Crippen molar-refractivity contribution in [3.63, 3.8) is 0 Å². The number of rotatable bonds is 4. The molecular formula is C12H17N3O3. The summed E-state index contributed by atoms with van der Waals surface area (Å²) in [5.41, 5.74) is 0.692. The zero-order valence-corrected chi connectivity index (χ0v) is 10.4. The number of nitrogens with zero attached hydrogens (tertiary/aromatic N) is 3. The summed E-state index contributed by atoms with van der Waals surface area (Å²) in [6, 6.07) is 1.14. The van der Waals surface area contributed by atoms with Gasteiger partial charge < -0.3 is 10.0 Å². The predicted octanol–water partition coefficient (Wildman–Crippen LogP) is 0.521. The van der Waals surface area contributed by atoms with E-state index in [1.54, 1.807) is 10.7 Å². The van der Waals surface area contributed by atoms with E-state index in [4.69, 9.17) is 5.11 Å². The second-order valence-electron chi connectivity index (χ2n) is 4.42. The first kappa shape index (κ1) is 12.6. The third kappa shape index (κ3) is 2.52. The molecule has 1 atom stereocenters. The Morgan fingerprint density at radius 1 is 1.56 bits per heavy atom. The van der Waals surface area contributed by atoms with Crippen LogP contribution >= 0.6 is 0 Å². The molecule has 1 unspecified atom stereocenters. The van der Waals surface area contributed by atoms with Gasteiger partial charge in [-0.15, -0.1) is 0 Å². The Labute approximate surface area is 105 Å². The van der Waals surface area contributed by atoms with E-state index >= 15 is 0 Å². The van der Waals surface area contributed by atoms with Gasteiger partial charge >= 0.3 is 5.97 Å². The molecular weight excluding hydrogens is 234 g/mol. The number of aryl methyl sites for hydroxylation is 1. The van der Waals surface area contributed by atoms with Crippen molar-refractivity contribution < 1.29 is 14.7 Å². The summed E-state index contributed by atoms with van der Waals surface area (Å²) in [6.45, 7) is 3.26. The lowest BCUT2D eigenvalue weighted by molar-refractivity contribution is -0.148. The molecule has 2 rings (SSSR count). The quantitative estimate of drug-likeness (QED) is 0.846. The molecule has 6 nitrogen and oxygen atoms in total. The molecule has 0 spiro atoms. The van der Waals surface area contributed by atoms with E-state index in [9.17, 15) is 9.59 Å². The molecule has 1 amide bonds. The summed E-state index contributed by atoms with van der Waals surface area (Å²) in [7, 11) is 0. The molecule has 0 aromatic carbocycles. The fourth-order valence-electron chi connectivity index (χ4n) is 2.25. The molecule has 1 aliphatic rings. The topological polar surface area (TPSA) is 75.4 Å². The van der Waals surface area contributed by atoms with Gasteiger partial charge in [-0.25, -0.2) is 4.79 Å². The number of carbonyl (C=O) groups excluding carboxylic acids is 1. The Bertz CT molecular complexity index is 455. The molecule has 98 valence electrons.